The van der Waals surface area contributed by atoms with E-state index in [2.05, 4.69) is 10.3 Å². The Kier molecular flexibility index (Phi) is 3.32. The maximum atomic E-state index is 13.3. The number of hydrogen-bond acceptors (Lipinski definition) is 2. The molecular formula is C13H12F2N2. The van der Waals surface area contributed by atoms with Gasteiger partial charge in [0.05, 0.1) is 5.69 Å². The third-order valence-electron chi connectivity index (χ3n) is 2.37. The first kappa shape index (κ1) is 11.5. The first-order valence-electron chi connectivity index (χ1n) is 5.24. The fraction of sp³-hybridized carbons (Fsp3) is 0.154. The van der Waals surface area contributed by atoms with Crippen molar-refractivity contribution in [3.63, 3.8) is 0 Å². The summed E-state index contributed by atoms with van der Waals surface area (Å²) < 4.78 is 26.3. The van der Waals surface area contributed by atoms with E-state index in [0.29, 0.717) is 5.56 Å². The average Bonchev–Trinajstić information content (AvgIpc) is 2.30. The highest BCUT2D eigenvalue weighted by Gasteiger charge is 2.03. The summed E-state index contributed by atoms with van der Waals surface area (Å²) in [6.07, 6.45) is 3.37. The minimum absolute atomic E-state index is 0.231. The summed E-state index contributed by atoms with van der Waals surface area (Å²) in [7, 11) is 0. The van der Waals surface area contributed by atoms with E-state index in [9.17, 15) is 8.78 Å². The number of halogens is 2. The third-order valence-corrected chi connectivity index (χ3v) is 2.37. The normalized spacial score (nSPS) is 10.3. The lowest BCUT2D eigenvalue weighted by atomic mass is 10.2. The number of aryl methyl sites for hydroxylation is 1. The lowest BCUT2D eigenvalue weighted by Gasteiger charge is -2.07. The second-order valence-corrected chi connectivity index (χ2v) is 3.84. The molecular weight excluding hydrogens is 222 g/mol. The highest BCUT2D eigenvalue weighted by Crippen LogP contribution is 2.13. The molecule has 0 fully saturated rings. The molecule has 2 rings (SSSR count). The van der Waals surface area contributed by atoms with Crippen molar-refractivity contribution in [1.82, 2.24) is 4.98 Å². The first-order valence-corrected chi connectivity index (χ1v) is 5.24. The Bertz CT molecular complexity index is 527. The van der Waals surface area contributed by atoms with Crippen LogP contribution in [-0.4, -0.2) is 4.98 Å². The molecule has 1 heterocycles. The van der Waals surface area contributed by atoms with Crippen LogP contribution in [0.15, 0.2) is 36.7 Å². The minimum atomic E-state index is -0.439. The first-order chi connectivity index (χ1) is 8.15. The Hall–Kier alpha value is -1.97. The molecule has 0 spiro atoms. The van der Waals surface area contributed by atoms with E-state index < -0.39 is 11.6 Å². The van der Waals surface area contributed by atoms with Gasteiger partial charge in [0.1, 0.15) is 11.6 Å². The van der Waals surface area contributed by atoms with Crippen LogP contribution in [0.25, 0.3) is 0 Å². The lowest BCUT2D eigenvalue weighted by Crippen LogP contribution is -2.02. The molecule has 0 unspecified atom stereocenters. The molecule has 1 aromatic heterocycles. The van der Waals surface area contributed by atoms with Gasteiger partial charge in [0.15, 0.2) is 0 Å². The van der Waals surface area contributed by atoms with Gasteiger partial charge in [-0.2, -0.15) is 0 Å². The second-order valence-electron chi connectivity index (χ2n) is 3.84. The average molecular weight is 234 g/mol. The van der Waals surface area contributed by atoms with Crippen LogP contribution in [-0.2, 0) is 6.54 Å². The number of benzene rings is 1. The molecule has 1 N–H and O–H groups in total. The highest BCUT2D eigenvalue weighted by atomic mass is 19.1. The molecule has 0 amide bonds. The highest BCUT2D eigenvalue weighted by molar-refractivity contribution is 5.43. The maximum absolute atomic E-state index is 13.3. The summed E-state index contributed by atoms with van der Waals surface area (Å²) in [5.74, 6) is -0.856. The van der Waals surface area contributed by atoms with Crippen molar-refractivity contribution in [2.45, 2.75) is 13.5 Å². The van der Waals surface area contributed by atoms with Crippen molar-refractivity contribution < 1.29 is 8.78 Å². The fourth-order valence-corrected chi connectivity index (χ4v) is 1.53. The van der Waals surface area contributed by atoms with Crippen LogP contribution < -0.4 is 5.32 Å². The predicted octanol–water partition coefficient (Wildman–Crippen LogP) is 3.28. The van der Waals surface area contributed by atoms with E-state index in [1.165, 1.54) is 6.07 Å². The molecule has 0 aliphatic rings. The third kappa shape index (κ3) is 3.00. The largest absolute Gasteiger partial charge is 0.380 e. The second kappa shape index (κ2) is 4.91. The summed E-state index contributed by atoms with van der Waals surface area (Å²) in [6.45, 7) is 2.15. The summed E-state index contributed by atoms with van der Waals surface area (Å²) in [5.41, 5.74) is 2.09. The van der Waals surface area contributed by atoms with Crippen LogP contribution in [0.3, 0.4) is 0 Å². The van der Waals surface area contributed by atoms with Crippen molar-refractivity contribution >= 4 is 5.69 Å². The molecule has 0 aliphatic carbocycles. The number of aromatic nitrogens is 1. The van der Waals surface area contributed by atoms with Gasteiger partial charge < -0.3 is 5.32 Å². The van der Waals surface area contributed by atoms with Crippen LogP contribution in [0.2, 0.25) is 0 Å². The topological polar surface area (TPSA) is 24.9 Å². The molecule has 0 saturated carbocycles. The van der Waals surface area contributed by atoms with E-state index in [4.69, 9.17) is 0 Å². The molecule has 2 aromatic rings. The molecule has 0 saturated heterocycles. The molecule has 2 nitrogen and oxygen atoms in total. The molecule has 0 radical (unpaired) electrons. The van der Waals surface area contributed by atoms with Crippen LogP contribution in [0.4, 0.5) is 14.5 Å². The summed E-state index contributed by atoms with van der Waals surface area (Å²) in [4.78, 5) is 4.01. The predicted molar refractivity (Wildman–Crippen MR) is 62.7 cm³/mol. The van der Waals surface area contributed by atoms with Gasteiger partial charge in [-0.25, -0.2) is 8.78 Å². The number of anilines is 1. The van der Waals surface area contributed by atoms with Crippen LogP contribution >= 0.6 is 0 Å². The molecule has 4 heteroatoms. The van der Waals surface area contributed by atoms with Crippen LogP contribution in [0, 0.1) is 18.6 Å². The van der Waals surface area contributed by atoms with Crippen LogP contribution in [0.1, 0.15) is 11.1 Å². The molecule has 0 bridgehead atoms. The van der Waals surface area contributed by atoms with Gasteiger partial charge in [-0.15, -0.1) is 0 Å². The molecule has 0 atom stereocenters. The van der Waals surface area contributed by atoms with Gasteiger partial charge >= 0.3 is 0 Å². The summed E-state index contributed by atoms with van der Waals surface area (Å²) in [5, 5.41) is 3.00. The van der Waals surface area contributed by atoms with Crippen molar-refractivity contribution in [2.75, 3.05) is 5.32 Å². The molecule has 17 heavy (non-hydrogen) atoms. The van der Waals surface area contributed by atoms with Crippen LogP contribution in [0.5, 0.6) is 0 Å². The SMILES string of the molecule is Cc1cncc(NCc2cc(F)ccc2F)c1. The monoisotopic (exact) mass is 234 g/mol. The summed E-state index contributed by atoms with van der Waals surface area (Å²) >= 11 is 0. The lowest BCUT2D eigenvalue weighted by molar-refractivity contribution is 0.587. The Morgan fingerprint density at radius 3 is 2.76 bits per heavy atom. The number of pyridine rings is 1. The summed E-state index contributed by atoms with van der Waals surface area (Å²) in [6, 6.07) is 5.31. The quantitative estimate of drug-likeness (QED) is 0.881. The van der Waals surface area contributed by atoms with Gasteiger partial charge in [0, 0.05) is 24.5 Å². The van der Waals surface area contributed by atoms with E-state index in [-0.39, 0.29) is 6.54 Å². The van der Waals surface area contributed by atoms with E-state index in [0.717, 1.165) is 23.4 Å². The van der Waals surface area contributed by atoms with E-state index >= 15 is 0 Å². The standard InChI is InChI=1S/C13H12F2N2/c1-9-4-12(8-16-6-9)17-7-10-5-11(14)2-3-13(10)15/h2-6,8,17H,7H2,1H3. The Labute approximate surface area is 98.3 Å². The zero-order valence-corrected chi connectivity index (χ0v) is 9.37. The zero-order chi connectivity index (χ0) is 12.3. The van der Waals surface area contributed by atoms with Crippen molar-refractivity contribution in [3.8, 4) is 0 Å². The number of rotatable bonds is 3. The smallest absolute Gasteiger partial charge is 0.128 e. The fourth-order valence-electron chi connectivity index (χ4n) is 1.53. The minimum Gasteiger partial charge on any atom is -0.380 e. The van der Waals surface area contributed by atoms with E-state index in [1.807, 2.05) is 13.0 Å². The van der Waals surface area contributed by atoms with Gasteiger partial charge in [0.25, 0.3) is 0 Å². The van der Waals surface area contributed by atoms with E-state index in [1.54, 1.807) is 12.4 Å². The van der Waals surface area contributed by atoms with Crippen molar-refractivity contribution in [1.29, 1.82) is 0 Å². The number of nitrogens with zero attached hydrogens (tertiary/aromatic N) is 1. The zero-order valence-electron chi connectivity index (χ0n) is 9.37. The molecule has 88 valence electrons. The number of nitrogens with one attached hydrogen (secondary N) is 1. The van der Waals surface area contributed by atoms with Crippen molar-refractivity contribution in [2.24, 2.45) is 0 Å². The Morgan fingerprint density at radius 1 is 1.18 bits per heavy atom. The van der Waals surface area contributed by atoms with Gasteiger partial charge in [-0.3, -0.25) is 4.98 Å². The Morgan fingerprint density at radius 2 is 2.00 bits per heavy atom. The van der Waals surface area contributed by atoms with Gasteiger partial charge in [-0.1, -0.05) is 0 Å². The Balaban J connectivity index is 2.09. The molecule has 0 aliphatic heterocycles. The maximum Gasteiger partial charge on any atom is 0.128 e. The van der Waals surface area contributed by atoms with Gasteiger partial charge in [-0.05, 0) is 36.8 Å². The molecule has 1 aromatic carbocycles. The van der Waals surface area contributed by atoms with Gasteiger partial charge in [0.2, 0.25) is 0 Å². The number of hydrogen-bond donors (Lipinski definition) is 1. The van der Waals surface area contributed by atoms with Crippen molar-refractivity contribution in [3.05, 3.63) is 59.4 Å².